The van der Waals surface area contributed by atoms with Gasteiger partial charge >= 0.3 is 0 Å². The Bertz CT molecular complexity index is 722. The Morgan fingerprint density at radius 2 is 1.83 bits per heavy atom. The average molecular weight is 338 g/mol. The van der Waals surface area contributed by atoms with E-state index in [1.165, 1.54) is 11.0 Å². The van der Waals surface area contributed by atoms with E-state index in [2.05, 4.69) is 13.8 Å². The van der Waals surface area contributed by atoms with Crippen LogP contribution in [0.5, 0.6) is 5.75 Å². The molecule has 0 N–H and O–H groups in total. The molecule has 6 nitrogen and oxygen atoms in total. The highest BCUT2D eigenvalue weighted by Crippen LogP contribution is 2.35. The van der Waals surface area contributed by atoms with Gasteiger partial charge in [-0.2, -0.15) is 4.31 Å². The van der Waals surface area contributed by atoms with Crippen molar-refractivity contribution in [2.45, 2.75) is 25.2 Å². The molecule has 7 heteroatoms. The van der Waals surface area contributed by atoms with Crippen molar-refractivity contribution >= 4 is 21.6 Å². The maximum atomic E-state index is 12.9. The fraction of sp³-hybridized carbons (Fsp3) is 0.562. The van der Waals surface area contributed by atoms with Gasteiger partial charge in [-0.15, -0.1) is 0 Å². The van der Waals surface area contributed by atoms with Crippen molar-refractivity contribution in [2.75, 3.05) is 31.6 Å². The van der Waals surface area contributed by atoms with E-state index in [0.717, 1.165) is 6.42 Å². The van der Waals surface area contributed by atoms with E-state index in [4.69, 9.17) is 4.74 Å². The summed E-state index contributed by atoms with van der Waals surface area (Å²) in [5, 5.41) is 0. The van der Waals surface area contributed by atoms with Crippen LogP contribution in [-0.2, 0) is 14.8 Å². The van der Waals surface area contributed by atoms with Crippen LogP contribution in [0.1, 0.15) is 20.3 Å². The summed E-state index contributed by atoms with van der Waals surface area (Å²) >= 11 is 0. The Kier molecular flexibility index (Phi) is 4.10. The number of carbonyl (C=O) groups is 1. The van der Waals surface area contributed by atoms with Crippen LogP contribution in [0.3, 0.4) is 0 Å². The second-order valence-electron chi connectivity index (χ2n) is 6.64. The van der Waals surface area contributed by atoms with Crippen LogP contribution in [0.4, 0.5) is 5.69 Å². The molecule has 23 heavy (non-hydrogen) atoms. The summed E-state index contributed by atoms with van der Waals surface area (Å²) in [5.41, 5.74) is 0.500. The third kappa shape index (κ3) is 2.95. The zero-order valence-corrected chi connectivity index (χ0v) is 14.5. The van der Waals surface area contributed by atoms with Crippen molar-refractivity contribution in [3.8, 4) is 5.75 Å². The van der Waals surface area contributed by atoms with Crippen LogP contribution in [0.2, 0.25) is 0 Å². The number of piperidine rings is 1. The van der Waals surface area contributed by atoms with Crippen molar-refractivity contribution in [3.05, 3.63) is 18.2 Å². The molecule has 1 aromatic carbocycles. The highest BCUT2D eigenvalue weighted by molar-refractivity contribution is 7.89. The zero-order valence-electron chi connectivity index (χ0n) is 13.7. The zero-order chi connectivity index (χ0) is 16.8. The molecule has 1 fully saturated rings. The van der Waals surface area contributed by atoms with Gasteiger partial charge in [-0.25, -0.2) is 8.42 Å². The molecule has 0 spiro atoms. The number of carbonyl (C=O) groups excluding carboxylic acids is 1. The summed E-state index contributed by atoms with van der Waals surface area (Å²) < 4.78 is 32.8. The maximum absolute atomic E-state index is 12.9. The van der Waals surface area contributed by atoms with Gasteiger partial charge in [0, 0.05) is 20.1 Å². The Morgan fingerprint density at radius 1 is 1.17 bits per heavy atom. The standard InChI is InChI=1S/C16H22N2O4S/c1-11-6-12(2)9-18(8-11)23(20,21)13-4-5-15-14(7-13)17(3)16(19)10-22-15/h4-5,7,11-12H,6,8-10H2,1-3H3/t11-,12-/m1/s1. The van der Waals surface area contributed by atoms with Gasteiger partial charge in [0.05, 0.1) is 10.6 Å². The minimum Gasteiger partial charge on any atom is -0.482 e. The van der Waals surface area contributed by atoms with Gasteiger partial charge in [0.25, 0.3) is 5.91 Å². The van der Waals surface area contributed by atoms with Gasteiger partial charge in [0.2, 0.25) is 10.0 Å². The molecule has 2 heterocycles. The van der Waals surface area contributed by atoms with Gasteiger partial charge in [0.1, 0.15) is 5.75 Å². The van der Waals surface area contributed by atoms with E-state index in [1.807, 2.05) is 0 Å². The molecule has 0 aromatic heterocycles. The largest absolute Gasteiger partial charge is 0.482 e. The van der Waals surface area contributed by atoms with Gasteiger partial charge in [-0.3, -0.25) is 4.79 Å². The van der Waals surface area contributed by atoms with Crippen LogP contribution in [0, 0.1) is 11.8 Å². The number of ether oxygens (including phenoxy) is 1. The first-order valence-electron chi connectivity index (χ1n) is 7.82. The van der Waals surface area contributed by atoms with E-state index < -0.39 is 10.0 Å². The first-order valence-corrected chi connectivity index (χ1v) is 9.26. The predicted octanol–water partition coefficient (Wildman–Crippen LogP) is 1.71. The number of likely N-dealkylation sites (N-methyl/N-ethyl adjacent to an activating group) is 1. The molecule has 0 saturated carbocycles. The van der Waals surface area contributed by atoms with E-state index in [0.29, 0.717) is 36.4 Å². The van der Waals surface area contributed by atoms with Crippen LogP contribution in [0.25, 0.3) is 0 Å². The third-order valence-corrected chi connectivity index (χ3v) is 6.32. The number of nitrogens with zero attached hydrogens (tertiary/aromatic N) is 2. The van der Waals surface area contributed by atoms with Crippen LogP contribution in [0.15, 0.2) is 23.1 Å². The Labute approximate surface area is 137 Å². The summed E-state index contributed by atoms with van der Waals surface area (Å²) in [5.74, 6) is 1.04. The maximum Gasteiger partial charge on any atom is 0.264 e. The van der Waals surface area contributed by atoms with Crippen LogP contribution < -0.4 is 9.64 Å². The molecular weight excluding hydrogens is 316 g/mol. The smallest absolute Gasteiger partial charge is 0.264 e. The lowest BCUT2D eigenvalue weighted by molar-refractivity contribution is -0.120. The fourth-order valence-electron chi connectivity index (χ4n) is 3.36. The first-order chi connectivity index (χ1) is 10.8. The van der Waals surface area contributed by atoms with Crippen molar-refractivity contribution in [2.24, 2.45) is 11.8 Å². The Hall–Kier alpha value is -1.60. The van der Waals surface area contributed by atoms with Crippen molar-refractivity contribution in [1.29, 1.82) is 0 Å². The molecule has 0 radical (unpaired) electrons. The van der Waals surface area contributed by atoms with Crippen molar-refractivity contribution < 1.29 is 17.9 Å². The number of hydrogen-bond donors (Lipinski definition) is 0. The van der Waals surface area contributed by atoms with E-state index in [-0.39, 0.29) is 17.4 Å². The molecule has 0 aliphatic carbocycles. The van der Waals surface area contributed by atoms with Crippen molar-refractivity contribution in [3.63, 3.8) is 0 Å². The minimum atomic E-state index is -3.56. The number of sulfonamides is 1. The number of benzene rings is 1. The third-order valence-electron chi connectivity index (χ3n) is 4.49. The highest BCUT2D eigenvalue weighted by Gasteiger charge is 2.33. The summed E-state index contributed by atoms with van der Waals surface area (Å²) in [6.45, 7) is 5.21. The Balaban J connectivity index is 1.96. The number of anilines is 1. The van der Waals surface area contributed by atoms with Gasteiger partial charge in [-0.05, 0) is 36.5 Å². The molecule has 2 aliphatic rings. The van der Waals surface area contributed by atoms with E-state index in [1.54, 1.807) is 23.5 Å². The normalized spacial score (nSPS) is 25.9. The summed E-state index contributed by atoms with van der Waals surface area (Å²) in [6.07, 6.45) is 1.04. The van der Waals surface area contributed by atoms with E-state index >= 15 is 0 Å². The Morgan fingerprint density at radius 3 is 2.48 bits per heavy atom. The molecule has 1 aromatic rings. The molecule has 1 amide bonds. The number of rotatable bonds is 2. The molecule has 126 valence electrons. The first kappa shape index (κ1) is 16.3. The molecular formula is C16H22N2O4S. The number of fused-ring (bicyclic) bond motifs is 1. The topological polar surface area (TPSA) is 66.9 Å². The SMILES string of the molecule is C[C@@H]1C[C@@H](C)CN(S(=O)(=O)c2ccc3c(c2)N(C)C(=O)CO3)C1. The monoisotopic (exact) mass is 338 g/mol. The second kappa shape index (κ2) is 5.79. The lowest BCUT2D eigenvalue weighted by atomic mass is 9.94. The fourth-order valence-corrected chi connectivity index (χ4v) is 5.06. The van der Waals surface area contributed by atoms with Crippen molar-refractivity contribution in [1.82, 2.24) is 4.31 Å². The average Bonchev–Trinajstić information content (AvgIpc) is 2.50. The van der Waals surface area contributed by atoms with E-state index in [9.17, 15) is 13.2 Å². The van der Waals surface area contributed by atoms with Gasteiger partial charge in [0.15, 0.2) is 6.61 Å². The summed E-state index contributed by atoms with van der Waals surface area (Å²) in [7, 11) is -1.93. The van der Waals surface area contributed by atoms with Gasteiger partial charge < -0.3 is 9.64 Å². The minimum absolute atomic E-state index is 0.0171. The molecule has 0 unspecified atom stereocenters. The predicted molar refractivity (Wildman–Crippen MR) is 87.1 cm³/mol. The van der Waals surface area contributed by atoms with Crippen LogP contribution in [-0.4, -0.2) is 45.4 Å². The van der Waals surface area contributed by atoms with Crippen LogP contribution >= 0.6 is 0 Å². The molecule has 1 saturated heterocycles. The number of hydrogen-bond acceptors (Lipinski definition) is 4. The van der Waals surface area contributed by atoms with Gasteiger partial charge in [-0.1, -0.05) is 13.8 Å². The highest BCUT2D eigenvalue weighted by atomic mass is 32.2. The summed E-state index contributed by atoms with van der Waals surface area (Å²) in [4.78, 5) is 13.4. The lowest BCUT2D eigenvalue weighted by Gasteiger charge is -2.34. The lowest BCUT2D eigenvalue weighted by Crippen LogP contribution is -2.42. The molecule has 2 atom stereocenters. The quantitative estimate of drug-likeness (QED) is 0.823. The molecule has 0 bridgehead atoms. The molecule has 3 rings (SSSR count). The summed E-state index contributed by atoms with van der Waals surface area (Å²) in [6, 6.07) is 4.72. The second-order valence-corrected chi connectivity index (χ2v) is 8.58. The number of amides is 1. The molecule has 2 aliphatic heterocycles.